The van der Waals surface area contributed by atoms with Crippen LogP contribution in [-0.4, -0.2) is 29.5 Å². The molecule has 3 rings (SSSR count). The molecule has 1 aromatic heterocycles. The summed E-state index contributed by atoms with van der Waals surface area (Å²) in [4.78, 5) is 41.9. The standard InChI is InChI=1S/C23H25N3O4S/c1-5-17(22(29)30-4)26-18-13-16(24-20(27)6-2)11-12-19(18)31-23(26)25-21(28)15-9-7-14(3)8-10-15/h7-13,17H,5-6H2,1-4H3,(H,24,27). The van der Waals surface area contributed by atoms with Gasteiger partial charge in [0.05, 0.1) is 17.3 Å². The van der Waals surface area contributed by atoms with Gasteiger partial charge in [0.15, 0.2) is 4.80 Å². The number of aromatic nitrogens is 1. The number of hydrogen-bond donors (Lipinski definition) is 1. The van der Waals surface area contributed by atoms with Crippen LogP contribution in [0.15, 0.2) is 47.5 Å². The van der Waals surface area contributed by atoms with Gasteiger partial charge in [0.2, 0.25) is 5.91 Å². The van der Waals surface area contributed by atoms with E-state index in [1.165, 1.54) is 18.4 Å². The molecule has 0 aliphatic rings. The number of thiazole rings is 1. The monoisotopic (exact) mass is 439 g/mol. The number of ether oxygens (including phenoxy) is 1. The van der Waals surface area contributed by atoms with Gasteiger partial charge in [-0.1, -0.05) is 42.9 Å². The highest BCUT2D eigenvalue weighted by Gasteiger charge is 2.24. The van der Waals surface area contributed by atoms with E-state index in [4.69, 9.17) is 4.74 Å². The van der Waals surface area contributed by atoms with Gasteiger partial charge in [-0.3, -0.25) is 9.59 Å². The zero-order valence-corrected chi connectivity index (χ0v) is 18.8. The Hall–Kier alpha value is -3.26. The molecule has 0 radical (unpaired) electrons. The minimum Gasteiger partial charge on any atom is -0.467 e. The summed E-state index contributed by atoms with van der Waals surface area (Å²) >= 11 is 1.31. The minimum atomic E-state index is -0.652. The number of esters is 1. The van der Waals surface area contributed by atoms with Crippen LogP contribution in [0.5, 0.6) is 0 Å². The van der Waals surface area contributed by atoms with Crippen LogP contribution < -0.4 is 10.1 Å². The summed E-state index contributed by atoms with van der Waals surface area (Å²) in [6.45, 7) is 5.59. The Morgan fingerprint density at radius 3 is 2.45 bits per heavy atom. The SMILES string of the molecule is CCC(=O)Nc1ccc2sc(=NC(=O)c3ccc(C)cc3)n(C(CC)C(=O)OC)c2c1. The fraction of sp³-hybridized carbons (Fsp3) is 0.304. The van der Waals surface area contributed by atoms with Crippen molar-refractivity contribution in [1.29, 1.82) is 0 Å². The molecule has 1 heterocycles. The van der Waals surface area contributed by atoms with E-state index in [0.29, 0.717) is 34.4 Å². The summed E-state index contributed by atoms with van der Waals surface area (Å²) in [6.07, 6.45) is 0.809. The Kier molecular flexibility index (Phi) is 7.02. The summed E-state index contributed by atoms with van der Waals surface area (Å²) in [5, 5.41) is 2.83. The van der Waals surface area contributed by atoms with Crippen molar-refractivity contribution in [3.63, 3.8) is 0 Å². The van der Waals surface area contributed by atoms with Crippen LogP contribution in [0.1, 0.15) is 48.7 Å². The van der Waals surface area contributed by atoms with Gasteiger partial charge in [0.25, 0.3) is 5.91 Å². The number of nitrogens with one attached hydrogen (secondary N) is 1. The van der Waals surface area contributed by atoms with E-state index in [0.717, 1.165) is 10.3 Å². The lowest BCUT2D eigenvalue weighted by atomic mass is 10.1. The number of nitrogens with zero attached hydrogens (tertiary/aromatic N) is 2. The van der Waals surface area contributed by atoms with Crippen LogP contribution >= 0.6 is 11.3 Å². The van der Waals surface area contributed by atoms with Crippen LogP contribution in [-0.2, 0) is 14.3 Å². The number of aryl methyl sites for hydroxylation is 1. The lowest BCUT2D eigenvalue weighted by molar-refractivity contribution is -0.144. The van der Waals surface area contributed by atoms with Gasteiger partial charge >= 0.3 is 5.97 Å². The number of hydrogen-bond acceptors (Lipinski definition) is 5. The Bertz CT molecular complexity index is 1190. The van der Waals surface area contributed by atoms with Gasteiger partial charge < -0.3 is 14.6 Å². The Labute approximate surface area is 184 Å². The van der Waals surface area contributed by atoms with E-state index in [-0.39, 0.29) is 11.8 Å². The fourth-order valence-electron chi connectivity index (χ4n) is 3.19. The van der Waals surface area contributed by atoms with Gasteiger partial charge in [-0.2, -0.15) is 4.99 Å². The Balaban J connectivity index is 2.20. The van der Waals surface area contributed by atoms with Crippen molar-refractivity contribution in [2.45, 2.75) is 39.7 Å². The summed E-state index contributed by atoms with van der Waals surface area (Å²) in [5.74, 6) is -0.922. The van der Waals surface area contributed by atoms with E-state index in [1.54, 1.807) is 35.8 Å². The van der Waals surface area contributed by atoms with E-state index in [1.807, 2.05) is 32.0 Å². The lowest BCUT2D eigenvalue weighted by Gasteiger charge is -2.16. The first kappa shape index (κ1) is 22.4. The average molecular weight is 440 g/mol. The molecule has 0 saturated carbocycles. The number of carbonyl (C=O) groups is 3. The normalized spacial score (nSPS) is 12.6. The highest BCUT2D eigenvalue weighted by Crippen LogP contribution is 2.26. The van der Waals surface area contributed by atoms with E-state index in [2.05, 4.69) is 10.3 Å². The molecule has 7 nitrogen and oxygen atoms in total. The van der Waals surface area contributed by atoms with Crippen LogP contribution in [0.25, 0.3) is 10.2 Å². The molecule has 8 heteroatoms. The van der Waals surface area contributed by atoms with Gasteiger partial charge in [0.1, 0.15) is 6.04 Å². The van der Waals surface area contributed by atoms with Crippen molar-refractivity contribution in [3.8, 4) is 0 Å². The first-order chi connectivity index (χ1) is 14.9. The van der Waals surface area contributed by atoms with Crippen LogP contribution in [0, 0.1) is 6.92 Å². The molecular formula is C23H25N3O4S. The molecule has 0 aliphatic carbocycles. The molecule has 31 heavy (non-hydrogen) atoms. The number of amides is 2. The predicted octanol–water partition coefficient (Wildman–Crippen LogP) is 4.22. The molecule has 1 N–H and O–H groups in total. The summed E-state index contributed by atoms with van der Waals surface area (Å²) in [6, 6.07) is 12.0. The smallest absolute Gasteiger partial charge is 0.328 e. The molecule has 0 fully saturated rings. The topological polar surface area (TPSA) is 89.8 Å². The van der Waals surface area contributed by atoms with Crippen molar-refractivity contribution in [3.05, 3.63) is 58.4 Å². The van der Waals surface area contributed by atoms with Crippen molar-refractivity contribution < 1.29 is 19.1 Å². The number of fused-ring (bicyclic) bond motifs is 1. The van der Waals surface area contributed by atoms with Gasteiger partial charge in [-0.05, 0) is 43.7 Å². The molecule has 1 unspecified atom stereocenters. The zero-order chi connectivity index (χ0) is 22.5. The third-order valence-electron chi connectivity index (χ3n) is 4.90. The molecule has 1 atom stereocenters. The van der Waals surface area contributed by atoms with Crippen molar-refractivity contribution in [2.24, 2.45) is 4.99 Å². The van der Waals surface area contributed by atoms with Crippen molar-refractivity contribution >= 4 is 45.0 Å². The first-order valence-corrected chi connectivity index (χ1v) is 10.9. The van der Waals surface area contributed by atoms with Crippen molar-refractivity contribution in [1.82, 2.24) is 4.57 Å². The zero-order valence-electron chi connectivity index (χ0n) is 18.0. The van der Waals surface area contributed by atoms with Crippen LogP contribution in [0.4, 0.5) is 5.69 Å². The quantitative estimate of drug-likeness (QED) is 0.582. The maximum Gasteiger partial charge on any atom is 0.328 e. The number of anilines is 1. The second-order valence-corrected chi connectivity index (χ2v) is 8.08. The summed E-state index contributed by atoms with van der Waals surface area (Å²) in [7, 11) is 1.33. The number of rotatable bonds is 6. The second kappa shape index (κ2) is 9.70. The first-order valence-electron chi connectivity index (χ1n) is 10.1. The Morgan fingerprint density at radius 2 is 1.84 bits per heavy atom. The summed E-state index contributed by atoms with van der Waals surface area (Å²) < 4.78 is 7.56. The predicted molar refractivity (Wildman–Crippen MR) is 121 cm³/mol. The highest BCUT2D eigenvalue weighted by atomic mass is 32.1. The van der Waals surface area contributed by atoms with Crippen LogP contribution in [0.3, 0.4) is 0 Å². The molecule has 0 saturated heterocycles. The van der Waals surface area contributed by atoms with E-state index >= 15 is 0 Å². The number of benzene rings is 2. The van der Waals surface area contributed by atoms with E-state index < -0.39 is 12.0 Å². The molecule has 0 spiro atoms. The Morgan fingerprint density at radius 1 is 1.13 bits per heavy atom. The largest absolute Gasteiger partial charge is 0.467 e. The molecule has 0 aliphatic heterocycles. The molecule has 2 amide bonds. The molecule has 0 bridgehead atoms. The number of carbonyl (C=O) groups excluding carboxylic acids is 3. The minimum absolute atomic E-state index is 0.111. The van der Waals surface area contributed by atoms with E-state index in [9.17, 15) is 14.4 Å². The fourth-order valence-corrected chi connectivity index (χ4v) is 4.23. The molecule has 3 aromatic rings. The summed E-state index contributed by atoms with van der Waals surface area (Å²) in [5.41, 5.74) is 2.83. The third-order valence-corrected chi connectivity index (χ3v) is 5.93. The van der Waals surface area contributed by atoms with Gasteiger partial charge in [0, 0.05) is 17.7 Å². The molecule has 2 aromatic carbocycles. The average Bonchev–Trinajstić information content (AvgIpc) is 3.11. The van der Waals surface area contributed by atoms with Gasteiger partial charge in [-0.15, -0.1) is 0 Å². The van der Waals surface area contributed by atoms with Gasteiger partial charge in [-0.25, -0.2) is 4.79 Å². The van der Waals surface area contributed by atoms with Crippen molar-refractivity contribution in [2.75, 3.05) is 12.4 Å². The maximum absolute atomic E-state index is 12.8. The second-order valence-electron chi connectivity index (χ2n) is 7.07. The highest BCUT2D eigenvalue weighted by molar-refractivity contribution is 7.16. The maximum atomic E-state index is 12.8. The third kappa shape index (κ3) is 4.91. The number of methoxy groups -OCH3 is 1. The van der Waals surface area contributed by atoms with Crippen LogP contribution in [0.2, 0.25) is 0 Å². The lowest BCUT2D eigenvalue weighted by Crippen LogP contribution is -2.28. The molecule has 162 valence electrons. The molecular weight excluding hydrogens is 414 g/mol.